The molecule has 0 aliphatic heterocycles. The van der Waals surface area contributed by atoms with E-state index in [0.717, 1.165) is 0 Å². The summed E-state index contributed by atoms with van der Waals surface area (Å²) in [6.07, 6.45) is -0.620. The summed E-state index contributed by atoms with van der Waals surface area (Å²) in [5.41, 5.74) is 7.13. The van der Waals surface area contributed by atoms with Crippen molar-refractivity contribution in [1.82, 2.24) is 4.98 Å². The molecule has 5 heteroatoms. The number of aliphatic hydroxyl groups excluding tert-OH is 2. The predicted octanol–water partition coefficient (Wildman–Crippen LogP) is 0.181. The molecule has 0 spiro atoms. The van der Waals surface area contributed by atoms with Gasteiger partial charge in [0, 0.05) is 6.54 Å². The number of oxazole rings is 1. The summed E-state index contributed by atoms with van der Waals surface area (Å²) in [5.74, 6) is 0. The number of aliphatic hydroxyl groups is 2. The van der Waals surface area contributed by atoms with Crippen LogP contribution in [0.25, 0.3) is 11.1 Å². The molecule has 1 heterocycles. The molecule has 0 bridgehead atoms. The van der Waals surface area contributed by atoms with E-state index in [1.165, 1.54) is 6.39 Å². The van der Waals surface area contributed by atoms with Gasteiger partial charge in [-0.05, 0) is 17.7 Å². The Bertz CT molecular complexity index is 455. The molecular formula is C10H12N2O3. The van der Waals surface area contributed by atoms with Crippen LogP contribution in [0.15, 0.2) is 29.0 Å². The molecule has 0 aliphatic rings. The van der Waals surface area contributed by atoms with E-state index in [4.69, 9.17) is 10.2 Å². The monoisotopic (exact) mass is 208 g/mol. The Labute approximate surface area is 86.2 Å². The van der Waals surface area contributed by atoms with Crippen LogP contribution in [0.3, 0.4) is 0 Å². The molecule has 5 nitrogen and oxygen atoms in total. The van der Waals surface area contributed by atoms with Crippen molar-refractivity contribution in [2.45, 2.75) is 12.2 Å². The second kappa shape index (κ2) is 3.98. The lowest BCUT2D eigenvalue weighted by molar-refractivity contribution is 0.0244. The summed E-state index contributed by atoms with van der Waals surface area (Å²) in [4.78, 5) is 3.96. The van der Waals surface area contributed by atoms with Crippen LogP contribution in [0.5, 0.6) is 0 Å². The number of hydrogen-bond donors (Lipinski definition) is 3. The molecule has 0 radical (unpaired) electrons. The van der Waals surface area contributed by atoms with Crippen LogP contribution in [0, 0.1) is 0 Å². The lowest BCUT2D eigenvalue weighted by atomic mass is 10.0. The first-order chi connectivity index (χ1) is 7.22. The van der Waals surface area contributed by atoms with Gasteiger partial charge in [0.1, 0.15) is 11.6 Å². The van der Waals surface area contributed by atoms with Crippen LogP contribution < -0.4 is 5.73 Å². The first-order valence-electron chi connectivity index (χ1n) is 4.61. The van der Waals surface area contributed by atoms with Crippen LogP contribution in [0.4, 0.5) is 0 Å². The van der Waals surface area contributed by atoms with Gasteiger partial charge in [-0.2, -0.15) is 0 Å². The van der Waals surface area contributed by atoms with Crippen molar-refractivity contribution in [2.24, 2.45) is 5.73 Å². The van der Waals surface area contributed by atoms with Crippen molar-refractivity contribution in [2.75, 3.05) is 6.54 Å². The van der Waals surface area contributed by atoms with Gasteiger partial charge >= 0.3 is 0 Å². The van der Waals surface area contributed by atoms with Gasteiger partial charge in [-0.15, -0.1) is 0 Å². The third-order valence-electron chi connectivity index (χ3n) is 2.30. The average molecular weight is 208 g/mol. The van der Waals surface area contributed by atoms with Crippen molar-refractivity contribution >= 4 is 11.1 Å². The van der Waals surface area contributed by atoms with Crippen LogP contribution in [-0.2, 0) is 0 Å². The fourth-order valence-corrected chi connectivity index (χ4v) is 1.41. The molecule has 0 aliphatic carbocycles. The third-order valence-corrected chi connectivity index (χ3v) is 2.30. The highest BCUT2D eigenvalue weighted by Crippen LogP contribution is 2.21. The standard InChI is InChI=1S/C10H12N2O3/c11-4-8(13)10(14)6-1-2-9-7(3-6)12-5-15-9/h1-3,5,8,10,13-14H,4,11H2. The van der Waals surface area contributed by atoms with E-state index in [-0.39, 0.29) is 6.54 Å². The van der Waals surface area contributed by atoms with Gasteiger partial charge in [0.25, 0.3) is 0 Å². The van der Waals surface area contributed by atoms with Crippen molar-refractivity contribution in [1.29, 1.82) is 0 Å². The molecule has 2 aromatic rings. The second-order valence-corrected chi connectivity index (χ2v) is 3.33. The maximum absolute atomic E-state index is 9.70. The van der Waals surface area contributed by atoms with Gasteiger partial charge in [-0.1, -0.05) is 6.07 Å². The zero-order chi connectivity index (χ0) is 10.8. The maximum atomic E-state index is 9.70. The molecule has 0 fully saturated rings. The molecular weight excluding hydrogens is 196 g/mol. The molecule has 80 valence electrons. The molecule has 2 unspecified atom stereocenters. The summed E-state index contributed by atoms with van der Waals surface area (Å²) in [6.45, 7) is 0.0119. The van der Waals surface area contributed by atoms with E-state index in [2.05, 4.69) is 4.98 Å². The number of fused-ring (bicyclic) bond motifs is 1. The quantitative estimate of drug-likeness (QED) is 0.669. The van der Waals surface area contributed by atoms with Crippen molar-refractivity contribution in [3.63, 3.8) is 0 Å². The number of nitrogens with zero attached hydrogens (tertiary/aromatic N) is 1. The van der Waals surface area contributed by atoms with Gasteiger partial charge in [0.05, 0.1) is 6.10 Å². The topological polar surface area (TPSA) is 92.5 Å². The summed E-state index contributed by atoms with van der Waals surface area (Å²) < 4.78 is 5.06. The molecule has 0 saturated heterocycles. The zero-order valence-electron chi connectivity index (χ0n) is 8.00. The number of aromatic nitrogens is 1. The fourth-order valence-electron chi connectivity index (χ4n) is 1.41. The van der Waals surface area contributed by atoms with Gasteiger partial charge < -0.3 is 20.4 Å². The van der Waals surface area contributed by atoms with Gasteiger partial charge in [0.15, 0.2) is 12.0 Å². The highest BCUT2D eigenvalue weighted by molar-refractivity contribution is 5.72. The summed E-state index contributed by atoms with van der Waals surface area (Å²) in [6, 6.07) is 5.05. The summed E-state index contributed by atoms with van der Waals surface area (Å²) in [7, 11) is 0. The van der Waals surface area contributed by atoms with Crippen LogP contribution in [0.1, 0.15) is 11.7 Å². The Hall–Kier alpha value is -1.43. The van der Waals surface area contributed by atoms with Gasteiger partial charge in [-0.3, -0.25) is 0 Å². The molecule has 15 heavy (non-hydrogen) atoms. The number of nitrogens with two attached hydrogens (primary N) is 1. The Kier molecular flexibility index (Phi) is 2.68. The summed E-state index contributed by atoms with van der Waals surface area (Å²) >= 11 is 0. The normalized spacial score (nSPS) is 15.4. The minimum absolute atomic E-state index is 0.0119. The number of rotatable bonds is 3. The minimum Gasteiger partial charge on any atom is -0.443 e. The maximum Gasteiger partial charge on any atom is 0.181 e. The number of hydrogen-bond acceptors (Lipinski definition) is 5. The van der Waals surface area contributed by atoms with Crippen molar-refractivity contribution in [3.05, 3.63) is 30.2 Å². The lowest BCUT2D eigenvalue weighted by Gasteiger charge is -2.15. The molecule has 0 amide bonds. The Morgan fingerprint density at radius 1 is 1.40 bits per heavy atom. The smallest absolute Gasteiger partial charge is 0.181 e. The van der Waals surface area contributed by atoms with Gasteiger partial charge in [0.2, 0.25) is 0 Å². The highest BCUT2D eigenvalue weighted by atomic mass is 16.3. The van der Waals surface area contributed by atoms with Crippen molar-refractivity contribution < 1.29 is 14.6 Å². The first kappa shape index (κ1) is 10.1. The predicted molar refractivity (Wildman–Crippen MR) is 54.0 cm³/mol. The fraction of sp³-hybridized carbons (Fsp3) is 0.300. The van der Waals surface area contributed by atoms with E-state index in [1.54, 1.807) is 18.2 Å². The molecule has 2 atom stereocenters. The zero-order valence-corrected chi connectivity index (χ0v) is 8.00. The first-order valence-corrected chi connectivity index (χ1v) is 4.61. The van der Waals surface area contributed by atoms with Crippen LogP contribution in [0.2, 0.25) is 0 Å². The van der Waals surface area contributed by atoms with E-state index < -0.39 is 12.2 Å². The van der Waals surface area contributed by atoms with E-state index >= 15 is 0 Å². The molecule has 4 N–H and O–H groups in total. The minimum atomic E-state index is -0.990. The van der Waals surface area contributed by atoms with Crippen LogP contribution in [-0.4, -0.2) is 27.8 Å². The average Bonchev–Trinajstić information content (AvgIpc) is 2.73. The van der Waals surface area contributed by atoms with Gasteiger partial charge in [-0.25, -0.2) is 4.98 Å². The van der Waals surface area contributed by atoms with Crippen molar-refractivity contribution in [3.8, 4) is 0 Å². The van der Waals surface area contributed by atoms with Crippen LogP contribution >= 0.6 is 0 Å². The number of benzene rings is 1. The third kappa shape index (κ3) is 1.85. The van der Waals surface area contributed by atoms with E-state index in [9.17, 15) is 10.2 Å². The SMILES string of the molecule is NCC(O)C(O)c1ccc2ocnc2c1. The largest absolute Gasteiger partial charge is 0.443 e. The molecule has 0 saturated carbocycles. The van der Waals surface area contributed by atoms with E-state index in [1.807, 2.05) is 0 Å². The Morgan fingerprint density at radius 2 is 2.20 bits per heavy atom. The lowest BCUT2D eigenvalue weighted by Crippen LogP contribution is -2.27. The van der Waals surface area contributed by atoms with E-state index in [0.29, 0.717) is 16.7 Å². The molecule has 1 aromatic heterocycles. The Balaban J connectivity index is 2.35. The molecule has 1 aromatic carbocycles. The highest BCUT2D eigenvalue weighted by Gasteiger charge is 2.17. The summed E-state index contributed by atoms with van der Waals surface area (Å²) in [5, 5.41) is 19.1. The second-order valence-electron chi connectivity index (χ2n) is 3.33. The molecule has 2 rings (SSSR count). The Morgan fingerprint density at radius 3 is 2.93 bits per heavy atom.